The Balaban J connectivity index is 3.09. The number of halogens is 1. The molecule has 2 unspecified atom stereocenters. The maximum absolute atomic E-state index is 11.5. The first-order valence-corrected chi connectivity index (χ1v) is 7.77. The molecular formula is C16H21BrO3. The van der Waals surface area contributed by atoms with E-state index in [1.807, 2.05) is 12.1 Å². The summed E-state index contributed by atoms with van der Waals surface area (Å²) in [7, 11) is 0. The van der Waals surface area contributed by atoms with Crippen molar-refractivity contribution in [3.8, 4) is 0 Å². The highest BCUT2D eigenvalue weighted by atomic mass is 79.9. The summed E-state index contributed by atoms with van der Waals surface area (Å²) < 4.78 is 0. The third kappa shape index (κ3) is 4.18. The van der Waals surface area contributed by atoms with Gasteiger partial charge in [0, 0.05) is 5.33 Å². The monoisotopic (exact) mass is 340 g/mol. The molecule has 20 heavy (non-hydrogen) atoms. The van der Waals surface area contributed by atoms with Crippen molar-refractivity contribution in [2.75, 3.05) is 5.33 Å². The molecule has 0 aliphatic rings. The highest BCUT2D eigenvalue weighted by Crippen LogP contribution is 2.33. The molecule has 110 valence electrons. The molecule has 1 aromatic carbocycles. The van der Waals surface area contributed by atoms with E-state index in [0.717, 1.165) is 6.42 Å². The summed E-state index contributed by atoms with van der Waals surface area (Å²) in [6, 6.07) is 8.91. The number of rotatable bonds is 7. The number of aliphatic hydroxyl groups is 1. The number of aliphatic carboxylic acids is 1. The molecule has 0 spiro atoms. The van der Waals surface area contributed by atoms with Crippen LogP contribution in [0.3, 0.4) is 0 Å². The molecule has 1 aromatic rings. The number of carboxylic acids is 1. The second-order valence-electron chi connectivity index (χ2n) is 5.30. The molecule has 2 atom stereocenters. The number of hydrogen-bond acceptors (Lipinski definition) is 2. The van der Waals surface area contributed by atoms with Crippen LogP contribution in [-0.4, -0.2) is 21.5 Å². The van der Waals surface area contributed by atoms with Gasteiger partial charge in [0.25, 0.3) is 0 Å². The van der Waals surface area contributed by atoms with E-state index in [1.54, 1.807) is 30.3 Å². The number of hydrogen-bond donors (Lipinski definition) is 2. The van der Waals surface area contributed by atoms with Gasteiger partial charge in [-0.1, -0.05) is 72.3 Å². The van der Waals surface area contributed by atoms with E-state index >= 15 is 0 Å². The Hall–Kier alpha value is -1.13. The lowest BCUT2D eigenvalue weighted by Crippen LogP contribution is -2.40. The fourth-order valence-corrected chi connectivity index (χ4v) is 2.67. The van der Waals surface area contributed by atoms with Gasteiger partial charge in [0.05, 0.1) is 0 Å². The molecule has 4 heteroatoms. The predicted octanol–water partition coefficient (Wildman–Crippen LogP) is 3.57. The third-order valence-electron chi connectivity index (χ3n) is 3.19. The van der Waals surface area contributed by atoms with E-state index in [9.17, 15) is 15.0 Å². The minimum absolute atomic E-state index is 0.160. The summed E-state index contributed by atoms with van der Waals surface area (Å²) >= 11 is 3.25. The predicted molar refractivity (Wildman–Crippen MR) is 83.9 cm³/mol. The molecule has 0 saturated carbocycles. The minimum Gasteiger partial charge on any atom is -0.481 e. The van der Waals surface area contributed by atoms with Gasteiger partial charge in [-0.05, 0) is 17.9 Å². The van der Waals surface area contributed by atoms with Crippen LogP contribution < -0.4 is 0 Å². The van der Waals surface area contributed by atoms with Crippen LogP contribution in [0.4, 0.5) is 0 Å². The standard InChI is InChI=1S/C16H21BrO3/c1-12(2)7-6-10-14(15(18)19)16(20,11-17)13-8-4-3-5-9-13/h3-6,8-10,12,14,20H,7,11H2,1-2H3,(H,18,19)/b10-6+. The largest absolute Gasteiger partial charge is 0.481 e. The lowest BCUT2D eigenvalue weighted by atomic mass is 9.82. The molecule has 0 aliphatic carbocycles. The lowest BCUT2D eigenvalue weighted by Gasteiger charge is -2.31. The fraction of sp³-hybridized carbons (Fsp3) is 0.438. The maximum Gasteiger partial charge on any atom is 0.313 e. The molecule has 2 N–H and O–H groups in total. The summed E-state index contributed by atoms with van der Waals surface area (Å²) in [6.45, 7) is 4.13. The summed E-state index contributed by atoms with van der Waals surface area (Å²) in [5.41, 5.74) is -0.862. The molecule has 0 heterocycles. The van der Waals surface area contributed by atoms with E-state index in [0.29, 0.717) is 11.5 Å². The Kier molecular flexibility index (Phi) is 6.43. The zero-order valence-corrected chi connectivity index (χ0v) is 13.4. The van der Waals surface area contributed by atoms with Gasteiger partial charge in [-0.2, -0.15) is 0 Å². The van der Waals surface area contributed by atoms with Crippen molar-refractivity contribution < 1.29 is 15.0 Å². The fourth-order valence-electron chi connectivity index (χ4n) is 2.00. The highest BCUT2D eigenvalue weighted by molar-refractivity contribution is 9.09. The summed E-state index contributed by atoms with van der Waals surface area (Å²) in [4.78, 5) is 11.5. The van der Waals surface area contributed by atoms with Gasteiger partial charge in [0.1, 0.15) is 11.5 Å². The van der Waals surface area contributed by atoms with Crippen LogP contribution >= 0.6 is 15.9 Å². The van der Waals surface area contributed by atoms with Crippen LogP contribution in [0, 0.1) is 11.8 Å². The van der Waals surface area contributed by atoms with Crippen molar-refractivity contribution in [1.82, 2.24) is 0 Å². The van der Waals surface area contributed by atoms with Crippen LogP contribution in [0.2, 0.25) is 0 Å². The van der Waals surface area contributed by atoms with Crippen molar-refractivity contribution in [2.45, 2.75) is 25.9 Å². The van der Waals surface area contributed by atoms with Gasteiger partial charge in [-0.3, -0.25) is 4.79 Å². The number of carbonyl (C=O) groups is 1. The molecule has 0 saturated heterocycles. The van der Waals surface area contributed by atoms with E-state index in [2.05, 4.69) is 29.8 Å². The topological polar surface area (TPSA) is 57.5 Å². The van der Waals surface area contributed by atoms with Crippen molar-refractivity contribution in [2.24, 2.45) is 11.8 Å². The van der Waals surface area contributed by atoms with Gasteiger partial charge < -0.3 is 10.2 Å². The Morgan fingerprint density at radius 1 is 1.35 bits per heavy atom. The van der Waals surface area contributed by atoms with E-state index in [4.69, 9.17) is 0 Å². The Morgan fingerprint density at radius 3 is 2.40 bits per heavy atom. The molecular weight excluding hydrogens is 320 g/mol. The summed E-state index contributed by atoms with van der Waals surface area (Å²) in [5.74, 6) is -1.56. The van der Waals surface area contributed by atoms with Crippen molar-refractivity contribution in [3.05, 3.63) is 48.0 Å². The second-order valence-corrected chi connectivity index (χ2v) is 5.86. The number of benzene rings is 1. The number of carboxylic acid groups (broad SMARTS) is 1. The highest BCUT2D eigenvalue weighted by Gasteiger charge is 2.40. The average molecular weight is 341 g/mol. The normalized spacial score (nSPS) is 16.2. The van der Waals surface area contributed by atoms with Crippen molar-refractivity contribution in [1.29, 1.82) is 0 Å². The molecule has 0 amide bonds. The van der Waals surface area contributed by atoms with Gasteiger partial charge in [-0.25, -0.2) is 0 Å². The zero-order chi connectivity index (χ0) is 15.2. The second kappa shape index (κ2) is 7.60. The maximum atomic E-state index is 11.5. The smallest absolute Gasteiger partial charge is 0.313 e. The summed E-state index contributed by atoms with van der Waals surface area (Å²) in [5, 5.41) is 20.4. The quantitative estimate of drug-likeness (QED) is 0.589. The van der Waals surface area contributed by atoms with Gasteiger partial charge in [0.15, 0.2) is 0 Å². The number of allylic oxidation sites excluding steroid dienone is 1. The first-order valence-electron chi connectivity index (χ1n) is 6.65. The first-order chi connectivity index (χ1) is 9.41. The molecule has 0 bridgehead atoms. The van der Waals surface area contributed by atoms with Crippen molar-refractivity contribution >= 4 is 21.9 Å². The van der Waals surface area contributed by atoms with Crippen LogP contribution in [0.25, 0.3) is 0 Å². The zero-order valence-electron chi connectivity index (χ0n) is 11.8. The molecule has 0 radical (unpaired) electrons. The van der Waals surface area contributed by atoms with Crippen LogP contribution in [0.5, 0.6) is 0 Å². The van der Waals surface area contributed by atoms with Crippen LogP contribution in [0.15, 0.2) is 42.5 Å². The Morgan fingerprint density at radius 2 is 1.95 bits per heavy atom. The van der Waals surface area contributed by atoms with E-state index < -0.39 is 17.5 Å². The molecule has 1 rings (SSSR count). The lowest BCUT2D eigenvalue weighted by molar-refractivity contribution is -0.147. The van der Waals surface area contributed by atoms with E-state index in [1.165, 1.54) is 0 Å². The van der Waals surface area contributed by atoms with Crippen LogP contribution in [-0.2, 0) is 10.4 Å². The van der Waals surface area contributed by atoms with Gasteiger partial charge in [-0.15, -0.1) is 0 Å². The first kappa shape index (κ1) is 16.9. The third-order valence-corrected chi connectivity index (χ3v) is 4.05. The van der Waals surface area contributed by atoms with E-state index in [-0.39, 0.29) is 5.33 Å². The minimum atomic E-state index is -1.46. The molecule has 0 fully saturated rings. The van der Waals surface area contributed by atoms with Gasteiger partial charge in [0.2, 0.25) is 0 Å². The molecule has 3 nitrogen and oxygen atoms in total. The van der Waals surface area contributed by atoms with Crippen molar-refractivity contribution in [3.63, 3.8) is 0 Å². The van der Waals surface area contributed by atoms with Gasteiger partial charge >= 0.3 is 5.97 Å². The average Bonchev–Trinajstić information content (AvgIpc) is 2.43. The Labute approximate surface area is 128 Å². The molecule has 0 aromatic heterocycles. The Bertz CT molecular complexity index is 456. The van der Waals surface area contributed by atoms with Crippen LogP contribution in [0.1, 0.15) is 25.8 Å². The SMILES string of the molecule is CC(C)C/C=C/C(C(=O)O)C(O)(CBr)c1ccccc1. The number of alkyl halides is 1. The summed E-state index contributed by atoms with van der Waals surface area (Å²) in [6.07, 6.45) is 4.22. The molecule has 0 aliphatic heterocycles.